The molecular weight excluding hydrogens is 282 g/mol. The van der Waals surface area contributed by atoms with Crippen LogP contribution in [0.3, 0.4) is 0 Å². The fourth-order valence-corrected chi connectivity index (χ4v) is 1.75. The topological polar surface area (TPSA) is 98.6 Å². The van der Waals surface area contributed by atoms with E-state index >= 15 is 0 Å². The molecule has 2 aromatic rings. The predicted molar refractivity (Wildman–Crippen MR) is 76.0 cm³/mol. The van der Waals surface area contributed by atoms with Crippen molar-refractivity contribution in [2.45, 2.75) is 13.5 Å². The molecule has 0 aliphatic heterocycles. The van der Waals surface area contributed by atoms with Crippen LogP contribution in [-0.4, -0.2) is 23.2 Å². The number of aromatic nitrogens is 2. The Bertz CT molecular complexity index is 626. The minimum absolute atomic E-state index is 0.212. The highest BCUT2D eigenvalue weighted by molar-refractivity contribution is 6.32. The van der Waals surface area contributed by atoms with Crippen molar-refractivity contribution in [2.75, 3.05) is 12.4 Å². The first kappa shape index (κ1) is 14.1. The molecule has 0 atom stereocenters. The second-order valence-electron chi connectivity index (χ2n) is 3.91. The standard InChI is InChI=1S/C12H14ClN5O2/c1-7-16-11(20-18-7)6-15-12(14)17-8-3-4-10(19-2)9(13)5-8/h3-5H,6H2,1-2H3,(H3,14,15,17). The van der Waals surface area contributed by atoms with Gasteiger partial charge in [0.05, 0.1) is 12.1 Å². The number of nitrogens with zero attached hydrogens (tertiary/aromatic N) is 3. The van der Waals surface area contributed by atoms with Crippen molar-refractivity contribution in [1.82, 2.24) is 10.1 Å². The Labute approximate surface area is 120 Å². The molecule has 2 rings (SSSR count). The summed E-state index contributed by atoms with van der Waals surface area (Å²) in [6, 6.07) is 5.21. The summed E-state index contributed by atoms with van der Waals surface area (Å²) in [5.41, 5.74) is 6.46. The first-order chi connectivity index (χ1) is 9.58. The summed E-state index contributed by atoms with van der Waals surface area (Å²) in [5, 5.41) is 7.05. The van der Waals surface area contributed by atoms with Crippen molar-refractivity contribution in [3.05, 3.63) is 34.9 Å². The maximum absolute atomic E-state index is 6.01. The minimum Gasteiger partial charge on any atom is -0.495 e. The smallest absolute Gasteiger partial charge is 0.248 e. The summed E-state index contributed by atoms with van der Waals surface area (Å²) < 4.78 is 9.99. The zero-order valence-corrected chi connectivity index (χ0v) is 11.8. The highest BCUT2D eigenvalue weighted by Crippen LogP contribution is 2.26. The summed E-state index contributed by atoms with van der Waals surface area (Å²) in [6.45, 7) is 1.95. The lowest BCUT2D eigenvalue weighted by Crippen LogP contribution is -2.22. The van der Waals surface area contributed by atoms with E-state index in [1.54, 1.807) is 32.2 Å². The summed E-state index contributed by atoms with van der Waals surface area (Å²) in [5.74, 6) is 1.78. The van der Waals surface area contributed by atoms with E-state index in [-0.39, 0.29) is 12.5 Å². The number of guanidine groups is 1. The van der Waals surface area contributed by atoms with E-state index in [1.165, 1.54) is 0 Å². The second kappa shape index (κ2) is 6.25. The van der Waals surface area contributed by atoms with E-state index in [9.17, 15) is 0 Å². The number of methoxy groups -OCH3 is 1. The Hall–Kier alpha value is -2.28. The fourth-order valence-electron chi connectivity index (χ4n) is 1.49. The van der Waals surface area contributed by atoms with Gasteiger partial charge in [0.2, 0.25) is 5.89 Å². The molecule has 0 radical (unpaired) electrons. The summed E-state index contributed by atoms with van der Waals surface area (Å²) in [6.07, 6.45) is 0. The van der Waals surface area contributed by atoms with Crippen LogP contribution < -0.4 is 15.8 Å². The van der Waals surface area contributed by atoms with Crippen LogP contribution in [-0.2, 0) is 6.54 Å². The summed E-state index contributed by atoms with van der Waals surface area (Å²) >= 11 is 6.01. The lowest BCUT2D eigenvalue weighted by atomic mass is 10.3. The molecule has 0 unspecified atom stereocenters. The minimum atomic E-state index is 0.212. The van der Waals surface area contributed by atoms with Gasteiger partial charge in [0.1, 0.15) is 12.3 Å². The number of nitrogens with one attached hydrogen (secondary N) is 1. The van der Waals surface area contributed by atoms with Gasteiger partial charge >= 0.3 is 0 Å². The highest BCUT2D eigenvalue weighted by Gasteiger charge is 2.04. The van der Waals surface area contributed by atoms with Gasteiger partial charge in [-0.2, -0.15) is 4.98 Å². The van der Waals surface area contributed by atoms with Crippen LogP contribution in [0.4, 0.5) is 5.69 Å². The number of hydrogen-bond acceptors (Lipinski definition) is 5. The Balaban J connectivity index is 2.00. The molecule has 0 amide bonds. The van der Waals surface area contributed by atoms with Crippen LogP contribution in [0.5, 0.6) is 5.75 Å². The molecule has 1 aromatic carbocycles. The van der Waals surface area contributed by atoms with Crippen LogP contribution in [0.1, 0.15) is 11.7 Å². The van der Waals surface area contributed by atoms with Crippen LogP contribution in [0.25, 0.3) is 0 Å². The highest BCUT2D eigenvalue weighted by atomic mass is 35.5. The average molecular weight is 296 g/mol. The molecule has 0 saturated heterocycles. The van der Waals surface area contributed by atoms with Crippen molar-refractivity contribution >= 4 is 23.2 Å². The molecule has 0 fully saturated rings. The third kappa shape index (κ3) is 3.61. The molecule has 1 aromatic heterocycles. The van der Waals surface area contributed by atoms with Crippen LogP contribution in [0, 0.1) is 6.92 Å². The van der Waals surface area contributed by atoms with Crippen LogP contribution in [0.2, 0.25) is 5.02 Å². The first-order valence-corrected chi connectivity index (χ1v) is 6.16. The normalized spacial score (nSPS) is 11.4. The van der Waals surface area contributed by atoms with Gasteiger partial charge in [0.25, 0.3) is 0 Å². The van der Waals surface area contributed by atoms with Crippen LogP contribution in [0.15, 0.2) is 27.7 Å². The average Bonchev–Trinajstić information content (AvgIpc) is 2.82. The largest absolute Gasteiger partial charge is 0.495 e. The van der Waals surface area contributed by atoms with Crippen molar-refractivity contribution in [3.63, 3.8) is 0 Å². The third-order valence-corrected chi connectivity index (χ3v) is 2.67. The van der Waals surface area contributed by atoms with Gasteiger partial charge in [-0.15, -0.1) is 0 Å². The molecule has 1 heterocycles. The molecule has 0 aliphatic rings. The number of aryl methyl sites for hydroxylation is 1. The van der Waals surface area contributed by atoms with E-state index in [4.69, 9.17) is 26.6 Å². The Morgan fingerprint density at radius 3 is 2.95 bits per heavy atom. The number of hydrogen-bond donors (Lipinski definition) is 2. The maximum Gasteiger partial charge on any atom is 0.248 e. The van der Waals surface area contributed by atoms with E-state index < -0.39 is 0 Å². The SMILES string of the molecule is COc1ccc(NC(N)=NCc2nc(C)no2)cc1Cl. The number of nitrogens with two attached hydrogens (primary N) is 1. The number of halogens is 1. The second-order valence-corrected chi connectivity index (χ2v) is 4.32. The van der Waals surface area contributed by atoms with Gasteiger partial charge in [-0.3, -0.25) is 0 Å². The quantitative estimate of drug-likeness (QED) is 0.661. The van der Waals surface area contributed by atoms with Gasteiger partial charge < -0.3 is 20.3 Å². The van der Waals surface area contributed by atoms with Crippen molar-refractivity contribution in [2.24, 2.45) is 10.7 Å². The Kier molecular flexibility index (Phi) is 4.41. The van der Waals surface area contributed by atoms with E-state index in [2.05, 4.69) is 20.4 Å². The van der Waals surface area contributed by atoms with Gasteiger partial charge in [-0.05, 0) is 25.1 Å². The third-order valence-electron chi connectivity index (χ3n) is 2.38. The predicted octanol–water partition coefficient (Wildman–Crippen LogP) is 1.97. The fraction of sp³-hybridized carbons (Fsp3) is 0.250. The van der Waals surface area contributed by atoms with Gasteiger partial charge in [-0.1, -0.05) is 16.8 Å². The number of rotatable bonds is 4. The van der Waals surface area contributed by atoms with Crippen molar-refractivity contribution < 1.29 is 9.26 Å². The number of aliphatic imine (C=N–C) groups is 1. The number of anilines is 1. The van der Waals surface area contributed by atoms with E-state index in [0.717, 1.165) is 0 Å². The van der Waals surface area contributed by atoms with Crippen LogP contribution >= 0.6 is 11.6 Å². The van der Waals surface area contributed by atoms with Crippen molar-refractivity contribution in [1.29, 1.82) is 0 Å². The lowest BCUT2D eigenvalue weighted by molar-refractivity contribution is 0.376. The summed E-state index contributed by atoms with van der Waals surface area (Å²) in [4.78, 5) is 8.11. The molecule has 0 bridgehead atoms. The maximum atomic E-state index is 6.01. The summed E-state index contributed by atoms with van der Waals surface area (Å²) in [7, 11) is 1.55. The molecule has 106 valence electrons. The monoisotopic (exact) mass is 295 g/mol. The molecule has 3 N–H and O–H groups in total. The molecule has 0 saturated carbocycles. The molecular formula is C12H14ClN5O2. The van der Waals surface area contributed by atoms with Crippen molar-refractivity contribution in [3.8, 4) is 5.75 Å². The number of ether oxygens (including phenoxy) is 1. The molecule has 7 nitrogen and oxygen atoms in total. The molecule has 8 heteroatoms. The van der Waals surface area contributed by atoms with E-state index in [1.807, 2.05) is 0 Å². The van der Waals surface area contributed by atoms with Gasteiger partial charge in [0, 0.05) is 5.69 Å². The lowest BCUT2D eigenvalue weighted by Gasteiger charge is -2.08. The Morgan fingerprint density at radius 2 is 2.35 bits per heavy atom. The Morgan fingerprint density at radius 1 is 1.55 bits per heavy atom. The molecule has 0 spiro atoms. The van der Waals surface area contributed by atoms with Gasteiger partial charge in [-0.25, -0.2) is 4.99 Å². The van der Waals surface area contributed by atoms with E-state index in [0.29, 0.717) is 28.2 Å². The molecule has 0 aliphatic carbocycles. The zero-order chi connectivity index (χ0) is 14.5. The number of benzene rings is 1. The van der Waals surface area contributed by atoms with Gasteiger partial charge in [0.15, 0.2) is 11.8 Å². The first-order valence-electron chi connectivity index (χ1n) is 5.78. The molecule has 20 heavy (non-hydrogen) atoms. The zero-order valence-electron chi connectivity index (χ0n) is 11.1.